The highest BCUT2D eigenvalue weighted by Gasteiger charge is 2.31. The molecule has 4 heteroatoms. The van der Waals surface area contributed by atoms with Gasteiger partial charge in [0.1, 0.15) is 0 Å². The zero-order valence-corrected chi connectivity index (χ0v) is 14.0. The fourth-order valence-corrected chi connectivity index (χ4v) is 3.26. The van der Waals surface area contributed by atoms with E-state index < -0.39 is 0 Å². The number of hydrogen-bond donors (Lipinski definition) is 1. The van der Waals surface area contributed by atoms with Gasteiger partial charge in [0.25, 0.3) is 0 Å². The third-order valence-electron chi connectivity index (χ3n) is 3.38. The zero-order chi connectivity index (χ0) is 14.0. The second-order valence-corrected chi connectivity index (χ2v) is 7.43. The van der Waals surface area contributed by atoms with Gasteiger partial charge in [-0.1, -0.05) is 33.6 Å². The maximum Gasteiger partial charge on any atom is 0.0876 e. The molecule has 2 unspecified atom stereocenters. The molecule has 0 radical (unpaired) electrons. The first kappa shape index (κ1) is 15.3. The van der Waals surface area contributed by atoms with Crippen LogP contribution in [0.1, 0.15) is 38.9 Å². The van der Waals surface area contributed by atoms with Crippen LogP contribution in [0, 0.1) is 5.92 Å². The van der Waals surface area contributed by atoms with Gasteiger partial charge in [-0.2, -0.15) is 0 Å². The largest absolute Gasteiger partial charge is 0.373 e. The molecule has 1 aromatic rings. The number of hydrogen-bond acceptors (Lipinski definition) is 2. The van der Waals surface area contributed by atoms with Crippen LogP contribution in [0.3, 0.4) is 0 Å². The Labute approximate surface area is 129 Å². The van der Waals surface area contributed by atoms with Crippen molar-refractivity contribution in [1.29, 1.82) is 0 Å². The molecular weight excluding hydrogens is 326 g/mol. The molecule has 106 valence electrons. The Balaban J connectivity index is 2.10. The minimum Gasteiger partial charge on any atom is -0.373 e. The molecule has 2 nitrogen and oxygen atoms in total. The smallest absolute Gasteiger partial charge is 0.0876 e. The summed E-state index contributed by atoms with van der Waals surface area (Å²) in [7, 11) is 0. The zero-order valence-electron chi connectivity index (χ0n) is 11.7. The maximum absolute atomic E-state index is 6.00. The molecule has 0 bridgehead atoms. The van der Waals surface area contributed by atoms with Crippen molar-refractivity contribution in [3.8, 4) is 0 Å². The van der Waals surface area contributed by atoms with E-state index in [9.17, 15) is 0 Å². The van der Waals surface area contributed by atoms with Crippen molar-refractivity contribution in [2.75, 3.05) is 13.2 Å². The first-order chi connectivity index (χ1) is 8.87. The number of nitrogens with one attached hydrogen (secondary N) is 1. The summed E-state index contributed by atoms with van der Waals surface area (Å²) in [6.07, 6.45) is 1.25. The molecule has 1 saturated heterocycles. The molecule has 1 N–H and O–H groups in total. The highest BCUT2D eigenvalue weighted by Crippen LogP contribution is 2.38. The standard InChI is InChI=1S/C15H21BrClNO/c1-15(2,3)18-9-10-6-7-19-14(10)12-5-4-11(17)8-13(12)16/h4-5,8,10,14,18H,6-7,9H2,1-3H3. The SMILES string of the molecule is CC(C)(C)NCC1CCOC1c1ccc(Cl)cc1Br. The fourth-order valence-electron chi connectivity index (χ4n) is 2.36. The summed E-state index contributed by atoms with van der Waals surface area (Å²) < 4.78 is 6.96. The van der Waals surface area contributed by atoms with Crippen LogP contribution in [0.4, 0.5) is 0 Å². The number of rotatable bonds is 3. The third kappa shape index (κ3) is 4.19. The van der Waals surface area contributed by atoms with Crippen molar-refractivity contribution in [2.24, 2.45) is 5.92 Å². The Morgan fingerprint density at radius 3 is 2.79 bits per heavy atom. The van der Waals surface area contributed by atoms with Crippen LogP contribution in [0.5, 0.6) is 0 Å². The van der Waals surface area contributed by atoms with E-state index in [1.165, 1.54) is 5.56 Å². The summed E-state index contributed by atoms with van der Waals surface area (Å²) in [6.45, 7) is 8.38. The van der Waals surface area contributed by atoms with Crippen LogP contribution in [0.25, 0.3) is 0 Å². The second kappa shape index (κ2) is 6.13. The fraction of sp³-hybridized carbons (Fsp3) is 0.600. The van der Waals surface area contributed by atoms with E-state index >= 15 is 0 Å². The van der Waals surface area contributed by atoms with E-state index in [2.05, 4.69) is 48.1 Å². The summed E-state index contributed by atoms with van der Waals surface area (Å²) in [5.74, 6) is 0.511. The van der Waals surface area contributed by atoms with Gasteiger partial charge in [-0.25, -0.2) is 0 Å². The number of ether oxygens (including phenoxy) is 1. The van der Waals surface area contributed by atoms with Gasteiger partial charge in [0.05, 0.1) is 6.10 Å². The Morgan fingerprint density at radius 1 is 1.42 bits per heavy atom. The van der Waals surface area contributed by atoms with Crippen molar-refractivity contribution >= 4 is 27.5 Å². The van der Waals surface area contributed by atoms with Crippen molar-refractivity contribution in [1.82, 2.24) is 5.32 Å². The van der Waals surface area contributed by atoms with Crippen molar-refractivity contribution in [2.45, 2.75) is 38.8 Å². The predicted molar refractivity (Wildman–Crippen MR) is 83.7 cm³/mol. The lowest BCUT2D eigenvalue weighted by atomic mass is 9.94. The summed E-state index contributed by atoms with van der Waals surface area (Å²) in [4.78, 5) is 0. The molecule has 1 aliphatic heterocycles. The second-order valence-electron chi connectivity index (χ2n) is 6.14. The lowest BCUT2D eigenvalue weighted by Crippen LogP contribution is -2.39. The Kier molecular flexibility index (Phi) is 4.93. The average molecular weight is 347 g/mol. The first-order valence-electron chi connectivity index (χ1n) is 6.68. The van der Waals surface area contributed by atoms with Crippen LogP contribution < -0.4 is 5.32 Å². The summed E-state index contributed by atoms with van der Waals surface area (Å²) in [5.41, 5.74) is 1.34. The topological polar surface area (TPSA) is 21.3 Å². The molecule has 1 aromatic carbocycles. The van der Waals surface area contributed by atoms with E-state index in [1.54, 1.807) is 0 Å². The minimum atomic E-state index is 0.143. The lowest BCUT2D eigenvalue weighted by molar-refractivity contribution is 0.0884. The van der Waals surface area contributed by atoms with Gasteiger partial charge in [0, 0.05) is 34.1 Å². The quantitative estimate of drug-likeness (QED) is 0.865. The lowest BCUT2D eigenvalue weighted by Gasteiger charge is -2.26. The molecule has 1 fully saturated rings. The molecule has 0 saturated carbocycles. The normalized spacial score (nSPS) is 23.8. The summed E-state index contributed by atoms with van der Waals surface area (Å²) in [5, 5.41) is 4.32. The van der Waals surface area contributed by atoms with E-state index in [0.717, 1.165) is 29.1 Å². The summed E-state index contributed by atoms with van der Waals surface area (Å²) >= 11 is 9.59. The van der Waals surface area contributed by atoms with Gasteiger partial charge in [-0.3, -0.25) is 0 Å². The molecule has 0 aliphatic carbocycles. The highest BCUT2D eigenvalue weighted by molar-refractivity contribution is 9.10. The van der Waals surface area contributed by atoms with Crippen LogP contribution in [-0.2, 0) is 4.74 Å². The van der Waals surface area contributed by atoms with E-state index in [4.69, 9.17) is 16.3 Å². The first-order valence-corrected chi connectivity index (χ1v) is 7.85. The van der Waals surface area contributed by atoms with Gasteiger partial charge in [0.15, 0.2) is 0 Å². The van der Waals surface area contributed by atoms with E-state index in [-0.39, 0.29) is 11.6 Å². The predicted octanol–water partition coefficient (Wildman–Crippen LogP) is 4.57. The van der Waals surface area contributed by atoms with Gasteiger partial charge < -0.3 is 10.1 Å². The third-order valence-corrected chi connectivity index (χ3v) is 4.30. The van der Waals surface area contributed by atoms with Gasteiger partial charge >= 0.3 is 0 Å². The molecule has 1 aliphatic rings. The molecule has 2 atom stereocenters. The molecule has 2 rings (SSSR count). The Morgan fingerprint density at radius 2 is 2.16 bits per heavy atom. The van der Waals surface area contributed by atoms with Crippen molar-refractivity contribution < 1.29 is 4.74 Å². The highest BCUT2D eigenvalue weighted by atomic mass is 79.9. The van der Waals surface area contributed by atoms with Gasteiger partial charge in [-0.05, 0) is 44.9 Å². The van der Waals surface area contributed by atoms with E-state index in [0.29, 0.717) is 5.92 Å². The van der Waals surface area contributed by atoms with Crippen molar-refractivity contribution in [3.63, 3.8) is 0 Å². The molecule has 0 spiro atoms. The Bertz CT molecular complexity index is 444. The van der Waals surface area contributed by atoms with Crippen LogP contribution >= 0.6 is 27.5 Å². The van der Waals surface area contributed by atoms with Crippen molar-refractivity contribution in [3.05, 3.63) is 33.3 Å². The number of halogens is 2. The minimum absolute atomic E-state index is 0.143. The molecule has 0 amide bonds. The van der Waals surface area contributed by atoms with Crippen LogP contribution in [-0.4, -0.2) is 18.7 Å². The van der Waals surface area contributed by atoms with E-state index in [1.807, 2.05) is 12.1 Å². The molecular formula is C15H21BrClNO. The van der Waals surface area contributed by atoms with Gasteiger partial charge in [0.2, 0.25) is 0 Å². The number of benzene rings is 1. The van der Waals surface area contributed by atoms with Crippen LogP contribution in [0.2, 0.25) is 5.02 Å². The molecule has 1 heterocycles. The molecule has 19 heavy (non-hydrogen) atoms. The maximum atomic E-state index is 6.00. The monoisotopic (exact) mass is 345 g/mol. The summed E-state index contributed by atoms with van der Waals surface area (Å²) in [6, 6.07) is 5.93. The average Bonchev–Trinajstić information content (AvgIpc) is 2.73. The van der Waals surface area contributed by atoms with Gasteiger partial charge in [-0.15, -0.1) is 0 Å². The Hall–Kier alpha value is -0.0900. The van der Waals surface area contributed by atoms with Crippen LogP contribution in [0.15, 0.2) is 22.7 Å². The molecule has 0 aromatic heterocycles.